The number of fused-ring (bicyclic) bond motifs is 1. The zero-order valence-electron chi connectivity index (χ0n) is 12.2. The number of carbonyl (C=O) groups is 1. The molecule has 0 saturated carbocycles. The summed E-state index contributed by atoms with van der Waals surface area (Å²) in [7, 11) is 1.50. The highest BCUT2D eigenvalue weighted by molar-refractivity contribution is 5.69. The van der Waals surface area contributed by atoms with Gasteiger partial charge < -0.3 is 14.8 Å². The van der Waals surface area contributed by atoms with Crippen LogP contribution in [0.5, 0.6) is 5.75 Å². The second kappa shape index (κ2) is 5.31. The number of nitrogens with one attached hydrogen (secondary N) is 1. The van der Waals surface area contributed by atoms with Crippen LogP contribution >= 0.6 is 0 Å². The Labute approximate surface area is 118 Å². The molecule has 20 heavy (non-hydrogen) atoms. The molecule has 0 bridgehead atoms. The summed E-state index contributed by atoms with van der Waals surface area (Å²) in [5.74, 6) is 0.150. The van der Waals surface area contributed by atoms with E-state index in [0.29, 0.717) is 18.6 Å². The van der Waals surface area contributed by atoms with Gasteiger partial charge in [-0.15, -0.1) is 0 Å². The standard InChI is InChI=1S/C15H20FNO3/c1-15(2,3)20-14(18)17-11-6-5-9-7-10(16)8-12(19-4)13(9)11/h7-8,11H,5-6H2,1-4H3,(H,17,18). The van der Waals surface area contributed by atoms with Gasteiger partial charge in [-0.1, -0.05) is 0 Å². The van der Waals surface area contributed by atoms with E-state index in [1.54, 1.807) is 0 Å². The van der Waals surface area contributed by atoms with Crippen LogP contribution in [0.4, 0.5) is 9.18 Å². The zero-order valence-corrected chi connectivity index (χ0v) is 12.2. The maximum atomic E-state index is 13.4. The number of halogens is 1. The molecule has 1 aliphatic carbocycles. The van der Waals surface area contributed by atoms with Crippen molar-refractivity contribution in [3.63, 3.8) is 0 Å². The molecule has 1 amide bonds. The van der Waals surface area contributed by atoms with Crippen LogP contribution in [0.2, 0.25) is 0 Å². The summed E-state index contributed by atoms with van der Waals surface area (Å²) in [4.78, 5) is 11.8. The first-order valence-electron chi connectivity index (χ1n) is 6.66. The van der Waals surface area contributed by atoms with E-state index >= 15 is 0 Å². The number of rotatable bonds is 2. The lowest BCUT2D eigenvalue weighted by atomic mass is 10.1. The third kappa shape index (κ3) is 3.21. The Kier molecular flexibility index (Phi) is 3.88. The molecular weight excluding hydrogens is 261 g/mol. The molecule has 4 nitrogen and oxygen atoms in total. The Balaban J connectivity index is 2.18. The number of amides is 1. The van der Waals surface area contributed by atoms with Crippen molar-refractivity contribution >= 4 is 6.09 Å². The Bertz CT molecular complexity index is 523. The number of methoxy groups -OCH3 is 1. The van der Waals surface area contributed by atoms with Gasteiger partial charge in [-0.3, -0.25) is 0 Å². The van der Waals surface area contributed by atoms with Crippen LogP contribution in [-0.2, 0) is 11.2 Å². The normalized spacial score (nSPS) is 17.6. The van der Waals surface area contributed by atoms with E-state index in [1.807, 2.05) is 20.8 Å². The Hall–Kier alpha value is -1.78. The maximum absolute atomic E-state index is 13.4. The fraction of sp³-hybridized carbons (Fsp3) is 0.533. The van der Waals surface area contributed by atoms with E-state index in [0.717, 1.165) is 11.1 Å². The van der Waals surface area contributed by atoms with Gasteiger partial charge in [0, 0.05) is 11.6 Å². The fourth-order valence-corrected chi connectivity index (χ4v) is 2.46. The van der Waals surface area contributed by atoms with Gasteiger partial charge in [0.2, 0.25) is 0 Å². The van der Waals surface area contributed by atoms with Crippen LogP contribution in [0.15, 0.2) is 12.1 Å². The van der Waals surface area contributed by atoms with Gasteiger partial charge in [-0.05, 0) is 45.2 Å². The first-order chi connectivity index (χ1) is 9.30. The maximum Gasteiger partial charge on any atom is 0.408 e. The summed E-state index contributed by atoms with van der Waals surface area (Å²) in [6.07, 6.45) is 0.958. The first kappa shape index (κ1) is 14.6. The SMILES string of the molecule is COc1cc(F)cc2c1C(NC(=O)OC(C)(C)C)CC2. The van der Waals surface area contributed by atoms with Crippen molar-refractivity contribution in [3.05, 3.63) is 29.1 Å². The Morgan fingerprint density at radius 2 is 2.10 bits per heavy atom. The minimum atomic E-state index is -0.543. The summed E-state index contributed by atoms with van der Waals surface area (Å²) >= 11 is 0. The van der Waals surface area contributed by atoms with Crippen molar-refractivity contribution in [2.24, 2.45) is 0 Å². The van der Waals surface area contributed by atoms with Gasteiger partial charge in [0.25, 0.3) is 0 Å². The molecule has 1 atom stereocenters. The molecule has 0 spiro atoms. The minimum absolute atomic E-state index is 0.199. The Morgan fingerprint density at radius 3 is 2.70 bits per heavy atom. The van der Waals surface area contributed by atoms with Gasteiger partial charge in [0.15, 0.2) is 0 Å². The van der Waals surface area contributed by atoms with E-state index in [-0.39, 0.29) is 11.9 Å². The molecular formula is C15H20FNO3. The largest absolute Gasteiger partial charge is 0.496 e. The van der Waals surface area contributed by atoms with Crippen molar-refractivity contribution in [2.75, 3.05) is 7.11 Å². The monoisotopic (exact) mass is 281 g/mol. The number of hydrogen-bond acceptors (Lipinski definition) is 3. The Morgan fingerprint density at radius 1 is 1.40 bits per heavy atom. The molecule has 1 N–H and O–H groups in total. The third-order valence-electron chi connectivity index (χ3n) is 3.15. The molecule has 1 aromatic rings. The van der Waals surface area contributed by atoms with Gasteiger partial charge in [-0.25, -0.2) is 9.18 Å². The molecule has 0 aromatic heterocycles. The average Bonchev–Trinajstić information content (AvgIpc) is 2.68. The van der Waals surface area contributed by atoms with Gasteiger partial charge in [-0.2, -0.15) is 0 Å². The van der Waals surface area contributed by atoms with E-state index < -0.39 is 11.7 Å². The van der Waals surface area contributed by atoms with Crippen LogP contribution in [0.1, 0.15) is 44.4 Å². The molecule has 0 heterocycles. The molecule has 2 rings (SSSR count). The summed E-state index contributed by atoms with van der Waals surface area (Å²) in [5.41, 5.74) is 1.18. The van der Waals surface area contributed by atoms with Gasteiger partial charge in [0.05, 0.1) is 13.2 Å². The number of hydrogen-bond donors (Lipinski definition) is 1. The molecule has 0 radical (unpaired) electrons. The molecule has 0 aliphatic heterocycles. The molecule has 5 heteroatoms. The quantitative estimate of drug-likeness (QED) is 0.904. The zero-order chi connectivity index (χ0) is 14.9. The topological polar surface area (TPSA) is 47.6 Å². The second-order valence-corrected chi connectivity index (χ2v) is 5.92. The number of benzene rings is 1. The molecule has 0 saturated heterocycles. The molecule has 1 aliphatic rings. The van der Waals surface area contributed by atoms with Crippen LogP contribution in [0.3, 0.4) is 0 Å². The van der Waals surface area contributed by atoms with Crippen molar-refractivity contribution in [3.8, 4) is 5.75 Å². The highest BCUT2D eigenvalue weighted by Gasteiger charge is 2.29. The van der Waals surface area contributed by atoms with E-state index in [4.69, 9.17) is 9.47 Å². The summed E-state index contributed by atoms with van der Waals surface area (Å²) in [6.45, 7) is 5.43. The van der Waals surface area contributed by atoms with Crippen molar-refractivity contribution in [2.45, 2.75) is 45.3 Å². The third-order valence-corrected chi connectivity index (χ3v) is 3.15. The lowest BCUT2D eigenvalue weighted by molar-refractivity contribution is 0.0503. The van der Waals surface area contributed by atoms with E-state index in [9.17, 15) is 9.18 Å². The summed E-state index contributed by atoms with van der Waals surface area (Å²) in [6, 6.07) is 2.64. The van der Waals surface area contributed by atoms with E-state index in [1.165, 1.54) is 19.2 Å². The fourth-order valence-electron chi connectivity index (χ4n) is 2.46. The van der Waals surface area contributed by atoms with Crippen LogP contribution in [0.25, 0.3) is 0 Å². The van der Waals surface area contributed by atoms with Crippen molar-refractivity contribution < 1.29 is 18.7 Å². The van der Waals surface area contributed by atoms with E-state index in [2.05, 4.69) is 5.32 Å². The highest BCUT2D eigenvalue weighted by atomic mass is 19.1. The van der Waals surface area contributed by atoms with Crippen LogP contribution in [0, 0.1) is 5.82 Å². The number of ether oxygens (including phenoxy) is 2. The van der Waals surface area contributed by atoms with Crippen molar-refractivity contribution in [1.82, 2.24) is 5.32 Å². The van der Waals surface area contributed by atoms with Gasteiger partial charge >= 0.3 is 6.09 Å². The average molecular weight is 281 g/mol. The molecule has 0 fully saturated rings. The second-order valence-electron chi connectivity index (χ2n) is 5.92. The van der Waals surface area contributed by atoms with Crippen LogP contribution < -0.4 is 10.1 Å². The smallest absolute Gasteiger partial charge is 0.408 e. The van der Waals surface area contributed by atoms with Crippen molar-refractivity contribution in [1.29, 1.82) is 0 Å². The van der Waals surface area contributed by atoms with Crippen LogP contribution in [-0.4, -0.2) is 18.8 Å². The summed E-state index contributed by atoms with van der Waals surface area (Å²) < 4.78 is 23.9. The number of aryl methyl sites for hydroxylation is 1. The summed E-state index contributed by atoms with van der Waals surface area (Å²) in [5, 5.41) is 2.82. The predicted molar refractivity (Wildman–Crippen MR) is 73.4 cm³/mol. The lowest BCUT2D eigenvalue weighted by Gasteiger charge is -2.22. The molecule has 1 unspecified atom stereocenters. The lowest BCUT2D eigenvalue weighted by Crippen LogP contribution is -2.34. The number of alkyl carbamates (subject to hydrolysis) is 1. The minimum Gasteiger partial charge on any atom is -0.496 e. The first-order valence-corrected chi connectivity index (χ1v) is 6.66. The predicted octanol–water partition coefficient (Wildman–Crippen LogP) is 3.35. The molecule has 110 valence electrons. The number of carbonyl (C=O) groups excluding carboxylic acids is 1. The van der Waals surface area contributed by atoms with Gasteiger partial charge in [0.1, 0.15) is 17.2 Å². The highest BCUT2D eigenvalue weighted by Crippen LogP contribution is 2.38. The molecule has 1 aromatic carbocycles.